The van der Waals surface area contributed by atoms with E-state index in [9.17, 15) is 9.59 Å². The van der Waals surface area contributed by atoms with Gasteiger partial charge in [-0.2, -0.15) is 5.10 Å². The van der Waals surface area contributed by atoms with Crippen molar-refractivity contribution in [3.05, 3.63) is 127 Å². The van der Waals surface area contributed by atoms with Crippen LogP contribution in [0.4, 0.5) is 0 Å². The van der Waals surface area contributed by atoms with Crippen LogP contribution in [-0.4, -0.2) is 43.6 Å². The molecule has 0 fully saturated rings. The third-order valence-electron chi connectivity index (χ3n) is 5.63. The Morgan fingerprint density at radius 3 is 2.29 bits per heavy atom. The normalized spacial score (nSPS) is 11.1. The number of aromatic nitrogens is 4. The number of rotatable bonds is 10. The number of hydrazone groups is 1. The van der Waals surface area contributed by atoms with Crippen molar-refractivity contribution in [3.8, 4) is 22.8 Å². The fourth-order valence-corrected chi connectivity index (χ4v) is 4.45. The van der Waals surface area contributed by atoms with Gasteiger partial charge in [-0.1, -0.05) is 60.3 Å². The van der Waals surface area contributed by atoms with Gasteiger partial charge in [0.25, 0.3) is 5.91 Å². The molecule has 3 aromatic carbocycles. The number of hydrogen-bond donors (Lipinski definition) is 1. The van der Waals surface area contributed by atoms with Gasteiger partial charge in [-0.15, -0.1) is 10.2 Å². The Balaban J connectivity index is 1.15. The number of amides is 1. The maximum atomic E-state index is 12.5. The van der Waals surface area contributed by atoms with Gasteiger partial charge in [-0.25, -0.2) is 10.2 Å². The molecule has 2 aromatic heterocycles. The summed E-state index contributed by atoms with van der Waals surface area (Å²) in [6.07, 6.45) is 7.97. The predicted octanol–water partition coefficient (Wildman–Crippen LogP) is 5.19. The fourth-order valence-electron chi connectivity index (χ4n) is 3.70. The number of carbonyl (C=O) groups excluding carboxylic acids is 2. The summed E-state index contributed by atoms with van der Waals surface area (Å²) in [7, 11) is 0. The molecule has 5 rings (SSSR count). The van der Waals surface area contributed by atoms with E-state index in [0.29, 0.717) is 16.7 Å². The van der Waals surface area contributed by atoms with Crippen molar-refractivity contribution < 1.29 is 14.3 Å². The molecule has 1 amide bonds. The minimum atomic E-state index is -0.476. The van der Waals surface area contributed by atoms with Crippen LogP contribution in [0.5, 0.6) is 5.75 Å². The van der Waals surface area contributed by atoms with E-state index in [1.54, 1.807) is 42.7 Å². The standard InChI is InChI=1S/C31H24N6O3S/c38-28(22-41-31-36-35-30(25-17-19-32-20-18-25)37(31)26-9-5-2-6-10-26)34-33-21-24-11-14-27(15-12-24)40-29(39)16-13-23-7-3-1-4-8-23/h1-21H,22H2,(H,34,38)/b16-13+,33-21-. The molecule has 10 heteroatoms. The number of thioether (sulfide) groups is 1. The van der Waals surface area contributed by atoms with Crippen LogP contribution in [0.25, 0.3) is 23.2 Å². The lowest BCUT2D eigenvalue weighted by Gasteiger charge is -2.10. The molecule has 202 valence electrons. The van der Waals surface area contributed by atoms with Crippen molar-refractivity contribution in [1.29, 1.82) is 0 Å². The van der Waals surface area contributed by atoms with E-state index >= 15 is 0 Å². The Hall–Kier alpha value is -5.35. The lowest BCUT2D eigenvalue weighted by Crippen LogP contribution is -2.20. The number of pyridine rings is 1. The highest BCUT2D eigenvalue weighted by Crippen LogP contribution is 2.27. The first-order chi connectivity index (χ1) is 20.2. The van der Waals surface area contributed by atoms with Gasteiger partial charge in [-0.05, 0) is 65.7 Å². The number of esters is 1. The molecule has 2 heterocycles. The molecule has 0 bridgehead atoms. The van der Waals surface area contributed by atoms with E-state index in [1.165, 1.54) is 24.1 Å². The van der Waals surface area contributed by atoms with Crippen LogP contribution < -0.4 is 10.2 Å². The van der Waals surface area contributed by atoms with Crippen LogP contribution in [0, 0.1) is 0 Å². The van der Waals surface area contributed by atoms with Gasteiger partial charge in [0.05, 0.1) is 12.0 Å². The molecule has 41 heavy (non-hydrogen) atoms. The van der Waals surface area contributed by atoms with Crippen LogP contribution >= 0.6 is 11.8 Å². The van der Waals surface area contributed by atoms with Gasteiger partial charge in [-0.3, -0.25) is 14.3 Å². The minimum Gasteiger partial charge on any atom is -0.423 e. The molecular formula is C31H24N6O3S. The number of nitrogens with one attached hydrogen (secondary N) is 1. The molecule has 0 saturated heterocycles. The van der Waals surface area contributed by atoms with E-state index in [1.807, 2.05) is 77.4 Å². The highest BCUT2D eigenvalue weighted by Gasteiger charge is 2.17. The zero-order valence-electron chi connectivity index (χ0n) is 21.7. The molecule has 1 N–H and O–H groups in total. The second-order valence-corrected chi connectivity index (χ2v) is 9.47. The minimum absolute atomic E-state index is 0.0873. The Morgan fingerprint density at radius 2 is 1.56 bits per heavy atom. The number of carbonyl (C=O) groups is 2. The highest BCUT2D eigenvalue weighted by atomic mass is 32.2. The summed E-state index contributed by atoms with van der Waals surface area (Å²) in [6.45, 7) is 0. The zero-order valence-corrected chi connectivity index (χ0v) is 22.5. The first-order valence-corrected chi connectivity index (χ1v) is 13.6. The third-order valence-corrected chi connectivity index (χ3v) is 6.56. The number of benzene rings is 3. The van der Waals surface area contributed by atoms with E-state index in [2.05, 4.69) is 25.7 Å². The summed E-state index contributed by atoms with van der Waals surface area (Å²) in [5.74, 6) is 0.371. The molecule has 0 aliphatic rings. The van der Waals surface area contributed by atoms with Gasteiger partial charge >= 0.3 is 5.97 Å². The van der Waals surface area contributed by atoms with Crippen molar-refractivity contribution in [2.24, 2.45) is 5.10 Å². The lowest BCUT2D eigenvalue weighted by atomic mass is 10.2. The zero-order chi connectivity index (χ0) is 28.3. The second kappa shape index (κ2) is 13.6. The molecule has 0 aliphatic carbocycles. The smallest absolute Gasteiger partial charge is 0.336 e. The fraction of sp³-hybridized carbons (Fsp3) is 0.0323. The number of hydrogen-bond acceptors (Lipinski definition) is 8. The SMILES string of the molecule is O=C(CSc1nnc(-c2ccncc2)n1-c1ccccc1)N/N=C\c1ccc(OC(=O)/C=C/c2ccccc2)cc1. The van der Waals surface area contributed by atoms with E-state index in [-0.39, 0.29) is 11.7 Å². The molecule has 0 atom stereocenters. The second-order valence-electron chi connectivity index (χ2n) is 8.53. The molecule has 0 radical (unpaired) electrons. The average Bonchev–Trinajstić information content (AvgIpc) is 3.45. The average molecular weight is 561 g/mol. The Morgan fingerprint density at radius 1 is 0.854 bits per heavy atom. The van der Waals surface area contributed by atoms with E-state index in [4.69, 9.17) is 4.74 Å². The predicted molar refractivity (Wildman–Crippen MR) is 159 cm³/mol. The molecule has 9 nitrogen and oxygen atoms in total. The van der Waals surface area contributed by atoms with Gasteiger partial charge in [0, 0.05) is 29.7 Å². The molecule has 5 aromatic rings. The summed E-state index contributed by atoms with van der Waals surface area (Å²) in [5.41, 5.74) is 5.90. The first kappa shape index (κ1) is 27.2. The molecule has 0 spiro atoms. The topological polar surface area (TPSA) is 111 Å². The quantitative estimate of drug-likeness (QED) is 0.0625. The van der Waals surface area contributed by atoms with Crippen LogP contribution in [0.3, 0.4) is 0 Å². The first-order valence-electron chi connectivity index (χ1n) is 12.6. The summed E-state index contributed by atoms with van der Waals surface area (Å²) in [4.78, 5) is 28.6. The maximum absolute atomic E-state index is 12.5. The van der Waals surface area contributed by atoms with Crippen molar-refractivity contribution in [2.45, 2.75) is 5.16 Å². The van der Waals surface area contributed by atoms with Crippen LogP contribution in [-0.2, 0) is 9.59 Å². The lowest BCUT2D eigenvalue weighted by molar-refractivity contribution is -0.129. The van der Waals surface area contributed by atoms with E-state index < -0.39 is 5.97 Å². The summed E-state index contributed by atoms with van der Waals surface area (Å²) >= 11 is 1.26. The largest absolute Gasteiger partial charge is 0.423 e. The summed E-state index contributed by atoms with van der Waals surface area (Å²) < 4.78 is 7.23. The number of para-hydroxylation sites is 1. The van der Waals surface area contributed by atoms with E-state index in [0.717, 1.165) is 22.4 Å². The van der Waals surface area contributed by atoms with Crippen molar-refractivity contribution in [2.75, 3.05) is 5.75 Å². The highest BCUT2D eigenvalue weighted by molar-refractivity contribution is 7.99. The van der Waals surface area contributed by atoms with Gasteiger partial charge in [0.15, 0.2) is 11.0 Å². The molecule has 0 aliphatic heterocycles. The number of ether oxygens (including phenoxy) is 1. The third kappa shape index (κ3) is 7.61. The van der Waals surface area contributed by atoms with Crippen molar-refractivity contribution in [3.63, 3.8) is 0 Å². The van der Waals surface area contributed by atoms with Crippen molar-refractivity contribution >= 4 is 35.9 Å². The molecule has 0 saturated carbocycles. The monoisotopic (exact) mass is 560 g/mol. The Kier molecular flexibility index (Phi) is 9.05. The van der Waals surface area contributed by atoms with Crippen LogP contribution in [0.2, 0.25) is 0 Å². The van der Waals surface area contributed by atoms with Gasteiger partial charge in [0.2, 0.25) is 0 Å². The summed E-state index contributed by atoms with van der Waals surface area (Å²) in [6, 6.07) is 29.7. The molecule has 0 unspecified atom stereocenters. The van der Waals surface area contributed by atoms with Crippen LogP contribution in [0.15, 0.2) is 126 Å². The van der Waals surface area contributed by atoms with Crippen LogP contribution in [0.1, 0.15) is 11.1 Å². The number of nitrogens with zero attached hydrogens (tertiary/aromatic N) is 5. The Bertz CT molecular complexity index is 1660. The maximum Gasteiger partial charge on any atom is 0.336 e. The van der Waals surface area contributed by atoms with Gasteiger partial charge in [0.1, 0.15) is 5.75 Å². The molecular weight excluding hydrogens is 536 g/mol. The van der Waals surface area contributed by atoms with Gasteiger partial charge < -0.3 is 4.74 Å². The Labute approximate surface area is 240 Å². The van der Waals surface area contributed by atoms with Crippen molar-refractivity contribution in [1.82, 2.24) is 25.2 Å². The summed E-state index contributed by atoms with van der Waals surface area (Å²) in [5, 5.41) is 13.3.